The Morgan fingerprint density at radius 3 is 2.70 bits per heavy atom. The average molecular weight is 299 g/mol. The quantitative estimate of drug-likeness (QED) is 0.881. The molecule has 0 spiro atoms. The fourth-order valence-electron chi connectivity index (χ4n) is 2.61. The monoisotopic (exact) mass is 299 g/mol. The molecule has 1 aromatic heterocycles. The third kappa shape index (κ3) is 2.69. The summed E-state index contributed by atoms with van der Waals surface area (Å²) < 4.78 is 11.2. The zero-order valence-corrected chi connectivity index (χ0v) is 13.0. The number of rotatable bonds is 3. The molecule has 1 aliphatic heterocycles. The van der Waals surface area contributed by atoms with E-state index in [2.05, 4.69) is 4.90 Å². The third-order valence-corrected chi connectivity index (χ3v) is 4.43. The number of primary amides is 1. The summed E-state index contributed by atoms with van der Waals surface area (Å²) in [5.41, 5.74) is 11.4. The molecule has 1 saturated heterocycles. The second-order valence-electron chi connectivity index (χ2n) is 5.62. The number of hydrogen-bond acceptors (Lipinski definition) is 6. The molecular weight excluding hydrogens is 278 g/mol. The van der Waals surface area contributed by atoms with Gasteiger partial charge in [-0.3, -0.25) is 4.79 Å². The number of nitrogens with two attached hydrogens (primary N) is 2. The van der Waals surface area contributed by atoms with Crippen LogP contribution in [0, 0.1) is 0 Å². The van der Waals surface area contributed by atoms with E-state index in [1.54, 1.807) is 7.11 Å². The van der Waals surface area contributed by atoms with Crippen LogP contribution in [0.4, 0.5) is 10.7 Å². The summed E-state index contributed by atoms with van der Waals surface area (Å²) >= 11 is 1.27. The van der Waals surface area contributed by atoms with Gasteiger partial charge in [0.05, 0.1) is 18.8 Å². The van der Waals surface area contributed by atoms with Gasteiger partial charge in [-0.1, -0.05) is 0 Å². The van der Waals surface area contributed by atoms with E-state index in [-0.39, 0.29) is 11.7 Å². The van der Waals surface area contributed by atoms with Crippen LogP contribution in [0.15, 0.2) is 0 Å². The Morgan fingerprint density at radius 1 is 1.55 bits per heavy atom. The van der Waals surface area contributed by atoms with Crippen LogP contribution in [0.5, 0.6) is 5.75 Å². The summed E-state index contributed by atoms with van der Waals surface area (Å²) in [6.07, 6.45) is 0.0869. The van der Waals surface area contributed by atoms with Gasteiger partial charge in [0.2, 0.25) is 0 Å². The Labute approximate surface area is 122 Å². The molecule has 4 N–H and O–H groups in total. The maximum absolute atomic E-state index is 11.4. The Balaban J connectivity index is 2.41. The minimum atomic E-state index is -0.530. The van der Waals surface area contributed by atoms with Crippen LogP contribution in [0.25, 0.3) is 0 Å². The fraction of sp³-hybridized carbons (Fsp3) is 0.615. The van der Waals surface area contributed by atoms with Crippen molar-refractivity contribution in [2.24, 2.45) is 5.73 Å². The van der Waals surface area contributed by atoms with Gasteiger partial charge in [-0.15, -0.1) is 11.3 Å². The van der Waals surface area contributed by atoms with Crippen LogP contribution in [-0.2, 0) is 4.74 Å². The van der Waals surface area contributed by atoms with Crippen molar-refractivity contribution in [2.75, 3.05) is 30.8 Å². The number of carbonyl (C=O) groups excluding carboxylic acids is 1. The van der Waals surface area contributed by atoms with Gasteiger partial charge in [0.15, 0.2) is 5.75 Å². The number of nitrogens with zero attached hydrogens (tertiary/aromatic N) is 1. The van der Waals surface area contributed by atoms with E-state index in [0.717, 1.165) is 11.5 Å². The first-order chi connectivity index (χ1) is 9.25. The Hall–Kier alpha value is -1.47. The van der Waals surface area contributed by atoms with Crippen LogP contribution in [0.2, 0.25) is 0 Å². The standard InChI is InChI=1S/C13H21N3O3S/c1-7-5-16(6-13(2,3)19-7)12-9(18-4)8(14)10(20-12)11(15)17/h7H,5-6,14H2,1-4H3,(H2,15,17). The number of morpholine rings is 1. The van der Waals surface area contributed by atoms with Crippen LogP contribution in [0.3, 0.4) is 0 Å². The zero-order valence-electron chi connectivity index (χ0n) is 12.2. The van der Waals surface area contributed by atoms with E-state index >= 15 is 0 Å². The lowest BCUT2D eigenvalue weighted by molar-refractivity contribution is -0.0748. The van der Waals surface area contributed by atoms with E-state index in [1.165, 1.54) is 11.3 Å². The van der Waals surface area contributed by atoms with Gasteiger partial charge in [0, 0.05) is 13.1 Å². The van der Waals surface area contributed by atoms with Crippen molar-refractivity contribution in [3.05, 3.63) is 4.88 Å². The normalized spacial score (nSPS) is 21.8. The van der Waals surface area contributed by atoms with Crippen LogP contribution >= 0.6 is 11.3 Å². The maximum Gasteiger partial charge on any atom is 0.261 e. The van der Waals surface area contributed by atoms with E-state index in [4.69, 9.17) is 20.9 Å². The molecule has 2 rings (SSSR count). The fourth-order valence-corrected chi connectivity index (χ4v) is 3.66. The molecule has 1 atom stereocenters. The number of methoxy groups -OCH3 is 1. The van der Waals surface area contributed by atoms with Crippen LogP contribution in [0.1, 0.15) is 30.4 Å². The van der Waals surface area contributed by atoms with Crippen molar-refractivity contribution < 1.29 is 14.3 Å². The number of carbonyl (C=O) groups is 1. The van der Waals surface area contributed by atoms with Crippen molar-refractivity contribution in [1.82, 2.24) is 0 Å². The number of thiophene rings is 1. The van der Waals surface area contributed by atoms with E-state index in [9.17, 15) is 4.79 Å². The summed E-state index contributed by atoms with van der Waals surface area (Å²) in [6, 6.07) is 0. The van der Waals surface area contributed by atoms with E-state index in [1.807, 2.05) is 20.8 Å². The van der Waals surface area contributed by atoms with Crippen LogP contribution < -0.4 is 21.1 Å². The highest BCUT2D eigenvalue weighted by molar-refractivity contribution is 7.19. The van der Waals surface area contributed by atoms with Gasteiger partial charge >= 0.3 is 0 Å². The van der Waals surface area contributed by atoms with Crippen molar-refractivity contribution in [1.29, 1.82) is 0 Å². The minimum absolute atomic E-state index is 0.0869. The SMILES string of the molecule is COc1c(N2CC(C)OC(C)(C)C2)sc(C(N)=O)c1N. The van der Waals surface area contributed by atoms with Gasteiger partial charge in [-0.05, 0) is 20.8 Å². The molecular formula is C13H21N3O3S. The Kier molecular flexibility index (Phi) is 3.84. The predicted molar refractivity (Wildman–Crippen MR) is 80.6 cm³/mol. The number of ether oxygens (including phenoxy) is 2. The molecule has 1 aliphatic rings. The molecule has 0 aromatic carbocycles. The first-order valence-corrected chi connectivity index (χ1v) is 7.25. The second-order valence-corrected chi connectivity index (χ2v) is 6.62. The zero-order chi connectivity index (χ0) is 15.1. The summed E-state index contributed by atoms with van der Waals surface area (Å²) in [5.74, 6) is -0.00804. The van der Waals surface area contributed by atoms with Gasteiger partial charge in [0.25, 0.3) is 5.91 Å². The lowest BCUT2D eigenvalue weighted by Gasteiger charge is -2.42. The smallest absolute Gasteiger partial charge is 0.261 e. The van der Waals surface area contributed by atoms with Crippen LogP contribution in [-0.4, -0.2) is 37.8 Å². The summed E-state index contributed by atoms with van der Waals surface area (Å²) in [6.45, 7) is 7.51. The van der Waals surface area contributed by atoms with E-state index in [0.29, 0.717) is 22.9 Å². The first-order valence-electron chi connectivity index (χ1n) is 6.44. The van der Waals surface area contributed by atoms with Gasteiger partial charge < -0.3 is 25.8 Å². The first kappa shape index (κ1) is 14.9. The minimum Gasteiger partial charge on any atom is -0.492 e. The van der Waals surface area contributed by atoms with Gasteiger partial charge in [-0.2, -0.15) is 0 Å². The molecule has 1 unspecified atom stereocenters. The number of anilines is 2. The summed E-state index contributed by atoms with van der Waals surface area (Å²) in [5, 5.41) is 0.835. The van der Waals surface area contributed by atoms with Crippen molar-refractivity contribution in [3.63, 3.8) is 0 Å². The lowest BCUT2D eigenvalue weighted by Crippen LogP contribution is -2.51. The van der Waals surface area contributed by atoms with Gasteiger partial charge in [0.1, 0.15) is 15.6 Å². The molecule has 1 aromatic rings. The molecule has 1 fully saturated rings. The number of hydrogen-bond donors (Lipinski definition) is 2. The molecule has 6 nitrogen and oxygen atoms in total. The predicted octanol–water partition coefficient (Wildman–Crippen LogP) is 1.44. The number of nitrogen functional groups attached to an aromatic ring is 1. The largest absolute Gasteiger partial charge is 0.492 e. The molecule has 112 valence electrons. The molecule has 0 aliphatic carbocycles. The lowest BCUT2D eigenvalue weighted by atomic mass is 10.1. The van der Waals surface area contributed by atoms with Crippen molar-refractivity contribution in [3.8, 4) is 5.75 Å². The van der Waals surface area contributed by atoms with E-state index < -0.39 is 5.91 Å². The maximum atomic E-state index is 11.4. The third-order valence-electron chi connectivity index (χ3n) is 3.17. The molecule has 0 saturated carbocycles. The highest BCUT2D eigenvalue weighted by Crippen LogP contribution is 2.45. The molecule has 7 heteroatoms. The summed E-state index contributed by atoms with van der Waals surface area (Å²) in [7, 11) is 1.54. The number of amides is 1. The highest BCUT2D eigenvalue weighted by Gasteiger charge is 2.34. The molecule has 0 bridgehead atoms. The molecule has 1 amide bonds. The topological polar surface area (TPSA) is 90.8 Å². The Morgan fingerprint density at radius 2 is 2.20 bits per heavy atom. The highest BCUT2D eigenvalue weighted by atomic mass is 32.1. The van der Waals surface area contributed by atoms with Crippen molar-refractivity contribution in [2.45, 2.75) is 32.5 Å². The van der Waals surface area contributed by atoms with Gasteiger partial charge in [-0.25, -0.2) is 0 Å². The molecule has 0 radical (unpaired) electrons. The summed E-state index contributed by atoms with van der Waals surface area (Å²) in [4.78, 5) is 13.9. The van der Waals surface area contributed by atoms with Crippen molar-refractivity contribution >= 4 is 27.9 Å². The second kappa shape index (κ2) is 5.14. The molecule has 20 heavy (non-hydrogen) atoms. The molecule has 2 heterocycles. The average Bonchev–Trinajstić information content (AvgIpc) is 2.63. The Bertz CT molecular complexity index is 527.